The van der Waals surface area contributed by atoms with Crippen molar-refractivity contribution in [3.05, 3.63) is 96.5 Å². The maximum Gasteiger partial charge on any atom is 0.266 e. The Kier molecular flexibility index (Phi) is 8.57. The molecule has 0 radical (unpaired) electrons. The summed E-state index contributed by atoms with van der Waals surface area (Å²) in [6.07, 6.45) is 2.48. The number of aryl methyl sites for hydroxylation is 1. The van der Waals surface area contributed by atoms with Crippen molar-refractivity contribution in [2.24, 2.45) is 0 Å². The summed E-state index contributed by atoms with van der Waals surface area (Å²) in [6, 6.07) is 20.3. The second-order valence-corrected chi connectivity index (χ2v) is 8.88. The van der Waals surface area contributed by atoms with Crippen molar-refractivity contribution >= 4 is 63.5 Å². The first kappa shape index (κ1) is 24.1. The minimum atomic E-state index is -0.452. The number of hydrogen-bond acceptors (Lipinski definition) is 3. The Bertz CT molecular complexity index is 1200. The second-order valence-electron chi connectivity index (χ2n) is 6.90. The third-order valence-electron chi connectivity index (χ3n) is 4.63. The van der Waals surface area contributed by atoms with Crippen LogP contribution in [0.1, 0.15) is 23.6 Å². The summed E-state index contributed by atoms with van der Waals surface area (Å²) in [5, 5.41) is 13.2. The van der Waals surface area contributed by atoms with Crippen LogP contribution in [0, 0.1) is 14.9 Å². The smallest absolute Gasteiger partial charge is 0.266 e. The molecule has 0 spiro atoms. The SMILES string of the molecule is CCc1ccc(NC(=O)/C(C#N)=C/c2ccc(OCc3ccc(Cl)c(Cl)c3)c(I)c2)cc1. The monoisotopic (exact) mass is 576 g/mol. The van der Waals surface area contributed by atoms with Crippen molar-refractivity contribution < 1.29 is 9.53 Å². The number of nitriles is 1. The average Bonchev–Trinajstić information content (AvgIpc) is 2.79. The van der Waals surface area contributed by atoms with E-state index in [1.54, 1.807) is 24.3 Å². The molecule has 3 aromatic carbocycles. The molecule has 1 N–H and O–H groups in total. The zero-order valence-corrected chi connectivity index (χ0v) is 20.8. The van der Waals surface area contributed by atoms with Gasteiger partial charge in [-0.25, -0.2) is 0 Å². The lowest BCUT2D eigenvalue weighted by Gasteiger charge is -2.10. The van der Waals surface area contributed by atoms with Gasteiger partial charge in [0.25, 0.3) is 5.91 Å². The molecule has 0 saturated heterocycles. The third-order valence-corrected chi connectivity index (χ3v) is 6.21. The lowest BCUT2D eigenvalue weighted by Crippen LogP contribution is -2.13. The van der Waals surface area contributed by atoms with E-state index in [0.717, 1.165) is 21.1 Å². The molecular weight excluding hydrogens is 558 g/mol. The molecule has 0 heterocycles. The Morgan fingerprint density at radius 1 is 1.06 bits per heavy atom. The van der Waals surface area contributed by atoms with Crippen LogP contribution in [0.3, 0.4) is 0 Å². The summed E-state index contributed by atoms with van der Waals surface area (Å²) in [6.45, 7) is 2.40. The minimum Gasteiger partial charge on any atom is -0.488 e. The number of carbonyl (C=O) groups is 1. The van der Waals surface area contributed by atoms with Gasteiger partial charge in [-0.3, -0.25) is 4.79 Å². The van der Waals surface area contributed by atoms with Crippen LogP contribution in [0.25, 0.3) is 6.08 Å². The molecule has 162 valence electrons. The van der Waals surface area contributed by atoms with E-state index < -0.39 is 5.91 Å². The first-order valence-electron chi connectivity index (χ1n) is 9.78. The third kappa shape index (κ3) is 6.49. The van der Waals surface area contributed by atoms with Gasteiger partial charge >= 0.3 is 0 Å². The van der Waals surface area contributed by atoms with E-state index in [0.29, 0.717) is 28.1 Å². The average molecular weight is 577 g/mol. The van der Waals surface area contributed by atoms with Gasteiger partial charge in [-0.2, -0.15) is 5.26 Å². The fourth-order valence-corrected chi connectivity index (χ4v) is 3.87. The van der Waals surface area contributed by atoms with E-state index in [1.807, 2.05) is 48.5 Å². The number of halogens is 3. The highest BCUT2D eigenvalue weighted by molar-refractivity contribution is 14.1. The van der Waals surface area contributed by atoms with Gasteiger partial charge in [0.05, 0.1) is 13.6 Å². The van der Waals surface area contributed by atoms with Crippen molar-refractivity contribution in [2.45, 2.75) is 20.0 Å². The molecule has 0 aromatic heterocycles. The fraction of sp³-hybridized carbons (Fsp3) is 0.120. The van der Waals surface area contributed by atoms with Crippen LogP contribution in [0.15, 0.2) is 66.2 Å². The summed E-state index contributed by atoms with van der Waals surface area (Å²) < 4.78 is 6.73. The summed E-state index contributed by atoms with van der Waals surface area (Å²) in [7, 11) is 0. The molecule has 0 unspecified atom stereocenters. The van der Waals surface area contributed by atoms with Gasteiger partial charge in [0.1, 0.15) is 24.0 Å². The molecular formula is C25H19Cl2IN2O2. The van der Waals surface area contributed by atoms with Crippen molar-refractivity contribution in [3.63, 3.8) is 0 Å². The minimum absolute atomic E-state index is 0.0184. The largest absolute Gasteiger partial charge is 0.488 e. The Morgan fingerprint density at radius 3 is 2.41 bits per heavy atom. The number of anilines is 1. The Labute approximate surface area is 210 Å². The Hall–Kier alpha value is -2.53. The molecule has 7 heteroatoms. The number of benzene rings is 3. The van der Waals surface area contributed by atoms with Gasteiger partial charge in [-0.1, -0.05) is 54.4 Å². The second kappa shape index (κ2) is 11.4. The summed E-state index contributed by atoms with van der Waals surface area (Å²) in [5.74, 6) is 0.236. The molecule has 3 aromatic rings. The van der Waals surface area contributed by atoms with E-state index in [9.17, 15) is 10.1 Å². The predicted molar refractivity (Wildman–Crippen MR) is 138 cm³/mol. The summed E-state index contributed by atoms with van der Waals surface area (Å²) >= 11 is 14.1. The number of hydrogen-bond donors (Lipinski definition) is 1. The molecule has 0 bridgehead atoms. The molecule has 32 heavy (non-hydrogen) atoms. The van der Waals surface area contributed by atoms with Gasteiger partial charge in [-0.05, 0) is 88.2 Å². The molecule has 4 nitrogen and oxygen atoms in total. The molecule has 0 fully saturated rings. The van der Waals surface area contributed by atoms with Crippen molar-refractivity contribution in [1.29, 1.82) is 5.26 Å². The van der Waals surface area contributed by atoms with Gasteiger partial charge in [0, 0.05) is 5.69 Å². The topological polar surface area (TPSA) is 62.1 Å². The number of rotatable bonds is 7. The molecule has 0 aliphatic heterocycles. The van der Waals surface area contributed by atoms with Gasteiger partial charge in [-0.15, -0.1) is 0 Å². The molecule has 0 aliphatic carbocycles. The van der Waals surface area contributed by atoms with Crippen molar-refractivity contribution in [1.82, 2.24) is 0 Å². The first-order valence-corrected chi connectivity index (χ1v) is 11.6. The maximum absolute atomic E-state index is 12.5. The maximum atomic E-state index is 12.5. The van der Waals surface area contributed by atoms with Gasteiger partial charge in [0.15, 0.2) is 0 Å². The Morgan fingerprint density at radius 2 is 1.78 bits per heavy atom. The first-order chi connectivity index (χ1) is 15.4. The standard InChI is InChI=1S/C25H19Cl2IN2O2/c1-2-16-3-7-20(8-4-16)30-25(31)19(14-29)11-17-6-10-24(23(28)13-17)32-15-18-5-9-21(26)22(27)12-18/h3-13H,2,15H2,1H3,(H,30,31)/b19-11+. The fourth-order valence-electron chi connectivity index (χ4n) is 2.85. The van der Waals surface area contributed by atoms with Crippen LogP contribution in [0.5, 0.6) is 5.75 Å². The molecule has 1 amide bonds. The summed E-state index contributed by atoms with van der Waals surface area (Å²) in [4.78, 5) is 12.5. The molecule has 0 atom stereocenters. The summed E-state index contributed by atoms with van der Waals surface area (Å²) in [5.41, 5.74) is 3.47. The van der Waals surface area contributed by atoms with Crippen molar-refractivity contribution in [3.8, 4) is 11.8 Å². The molecule has 0 aliphatic rings. The number of nitrogens with one attached hydrogen (secondary N) is 1. The quantitative estimate of drug-likeness (QED) is 0.182. The van der Waals surface area contributed by atoms with E-state index in [-0.39, 0.29) is 5.57 Å². The van der Waals surface area contributed by atoms with E-state index >= 15 is 0 Å². The highest BCUT2D eigenvalue weighted by Gasteiger charge is 2.11. The van der Waals surface area contributed by atoms with Crippen LogP contribution in [0.4, 0.5) is 5.69 Å². The lowest BCUT2D eigenvalue weighted by atomic mass is 10.1. The zero-order valence-electron chi connectivity index (χ0n) is 17.2. The lowest BCUT2D eigenvalue weighted by molar-refractivity contribution is -0.112. The molecule has 3 rings (SSSR count). The van der Waals surface area contributed by atoms with Crippen molar-refractivity contribution in [2.75, 3.05) is 5.32 Å². The van der Waals surface area contributed by atoms with Crippen LogP contribution < -0.4 is 10.1 Å². The number of nitrogens with zero attached hydrogens (tertiary/aromatic N) is 1. The molecule has 0 saturated carbocycles. The van der Waals surface area contributed by atoms with Gasteiger partial charge < -0.3 is 10.1 Å². The van der Waals surface area contributed by atoms with E-state index in [2.05, 4.69) is 34.8 Å². The number of carbonyl (C=O) groups excluding carboxylic acids is 1. The van der Waals surface area contributed by atoms with Gasteiger partial charge in [0.2, 0.25) is 0 Å². The van der Waals surface area contributed by atoms with Crippen LogP contribution in [-0.2, 0) is 17.8 Å². The van der Waals surface area contributed by atoms with Crippen LogP contribution in [-0.4, -0.2) is 5.91 Å². The van der Waals surface area contributed by atoms with E-state index in [1.165, 1.54) is 5.56 Å². The van der Waals surface area contributed by atoms with Crippen LogP contribution >= 0.6 is 45.8 Å². The normalized spacial score (nSPS) is 11.0. The van der Waals surface area contributed by atoms with E-state index in [4.69, 9.17) is 27.9 Å². The highest BCUT2D eigenvalue weighted by Crippen LogP contribution is 2.26. The van der Waals surface area contributed by atoms with Crippen LogP contribution in [0.2, 0.25) is 10.0 Å². The zero-order chi connectivity index (χ0) is 23.1. The Balaban J connectivity index is 1.69. The highest BCUT2D eigenvalue weighted by atomic mass is 127. The predicted octanol–water partition coefficient (Wildman–Crippen LogP) is 7.29. The number of amides is 1. The number of ether oxygens (including phenoxy) is 1.